The molecule has 0 aromatic heterocycles. The molecule has 0 heterocycles. The molecule has 0 aliphatic rings. The zero-order chi connectivity index (χ0) is 15.1. The molecule has 104 valence electrons. The molecule has 0 bridgehead atoms. The van der Waals surface area contributed by atoms with E-state index in [0.717, 1.165) is 0 Å². The van der Waals surface area contributed by atoms with E-state index in [1.807, 2.05) is 0 Å². The fourth-order valence-electron chi connectivity index (χ4n) is 1.23. The molecule has 0 aliphatic heterocycles. The van der Waals surface area contributed by atoms with Crippen LogP contribution in [-0.4, -0.2) is 24.9 Å². The van der Waals surface area contributed by atoms with Gasteiger partial charge < -0.3 is 19.8 Å². The molecular formula is C8HCl3Na2O7S. The van der Waals surface area contributed by atoms with Gasteiger partial charge in [0.1, 0.15) is 4.90 Å². The van der Waals surface area contributed by atoms with Gasteiger partial charge in [-0.25, -0.2) is 0 Å². The van der Waals surface area contributed by atoms with Crippen molar-refractivity contribution in [2.45, 2.75) is 4.90 Å². The second kappa shape index (κ2) is 8.70. The van der Waals surface area contributed by atoms with Crippen molar-refractivity contribution in [3.8, 4) is 0 Å². The first-order valence-electron chi connectivity index (χ1n) is 4.10. The zero-order valence-electron chi connectivity index (χ0n) is 10.4. The Morgan fingerprint density at radius 3 is 1.33 bits per heavy atom. The second-order valence-electron chi connectivity index (χ2n) is 3.07. The fraction of sp³-hybridized carbons (Fsp3) is 0. The van der Waals surface area contributed by atoms with Crippen molar-refractivity contribution in [3.63, 3.8) is 0 Å². The molecule has 13 heteroatoms. The van der Waals surface area contributed by atoms with E-state index in [1.165, 1.54) is 0 Å². The normalized spacial score (nSPS) is 10.3. The summed E-state index contributed by atoms with van der Waals surface area (Å²) in [6, 6.07) is 0. The van der Waals surface area contributed by atoms with E-state index in [4.69, 9.17) is 39.4 Å². The summed E-state index contributed by atoms with van der Waals surface area (Å²) in [4.78, 5) is 20.3. The molecule has 1 aromatic carbocycles. The molecular weight excluding hydrogens is 392 g/mol. The molecule has 0 atom stereocenters. The number of carbonyl (C=O) groups is 2. The monoisotopic (exact) mass is 392 g/mol. The maximum Gasteiger partial charge on any atom is 1.00 e. The van der Waals surface area contributed by atoms with Gasteiger partial charge in [-0.1, -0.05) is 34.8 Å². The van der Waals surface area contributed by atoms with Crippen molar-refractivity contribution in [2.24, 2.45) is 0 Å². The molecule has 7 nitrogen and oxygen atoms in total. The molecule has 0 fully saturated rings. The first kappa shape index (κ1) is 24.2. The van der Waals surface area contributed by atoms with Gasteiger partial charge in [0.2, 0.25) is 0 Å². The third kappa shape index (κ3) is 4.95. The van der Waals surface area contributed by atoms with Gasteiger partial charge in [0.15, 0.2) is 0 Å². The molecule has 0 saturated carbocycles. The number of halogens is 3. The van der Waals surface area contributed by atoms with Gasteiger partial charge in [-0.2, -0.15) is 8.42 Å². The molecule has 0 spiro atoms. The Bertz CT molecular complexity index is 663. The minimum absolute atomic E-state index is 0. The smallest absolute Gasteiger partial charge is 0.545 e. The van der Waals surface area contributed by atoms with Crippen LogP contribution in [-0.2, 0) is 10.1 Å². The molecule has 1 N–H and O–H groups in total. The number of rotatable bonds is 3. The molecule has 0 saturated heterocycles. The van der Waals surface area contributed by atoms with E-state index >= 15 is 0 Å². The van der Waals surface area contributed by atoms with Crippen LogP contribution in [0.25, 0.3) is 0 Å². The summed E-state index contributed by atoms with van der Waals surface area (Å²) in [5.74, 6) is -4.11. The number of carbonyl (C=O) groups excluding carboxylic acids is 2. The summed E-state index contributed by atoms with van der Waals surface area (Å²) >= 11 is 16.3. The third-order valence-corrected chi connectivity index (χ3v) is 4.23. The van der Waals surface area contributed by atoms with Crippen LogP contribution in [0.3, 0.4) is 0 Å². The third-order valence-electron chi connectivity index (χ3n) is 1.94. The van der Waals surface area contributed by atoms with Crippen LogP contribution in [0.1, 0.15) is 20.7 Å². The first-order chi connectivity index (χ1) is 8.50. The Hall–Kier alpha value is 0.940. The molecule has 0 aliphatic carbocycles. The Morgan fingerprint density at radius 2 is 1.14 bits per heavy atom. The predicted molar refractivity (Wildman–Crippen MR) is 59.9 cm³/mol. The molecule has 0 radical (unpaired) electrons. The topological polar surface area (TPSA) is 135 Å². The van der Waals surface area contributed by atoms with Gasteiger partial charge in [-0.15, -0.1) is 0 Å². The zero-order valence-corrected chi connectivity index (χ0v) is 17.5. The summed E-state index contributed by atoms with van der Waals surface area (Å²) in [6.07, 6.45) is 0. The van der Waals surface area contributed by atoms with Crippen molar-refractivity contribution in [1.82, 2.24) is 0 Å². The van der Waals surface area contributed by atoms with E-state index in [2.05, 4.69) is 0 Å². The van der Waals surface area contributed by atoms with Gasteiger partial charge in [0, 0.05) is 11.1 Å². The number of carboxylic acid groups (broad SMARTS) is 2. The van der Waals surface area contributed by atoms with Gasteiger partial charge in [0.05, 0.1) is 27.0 Å². The van der Waals surface area contributed by atoms with Crippen molar-refractivity contribution in [1.29, 1.82) is 0 Å². The van der Waals surface area contributed by atoms with Gasteiger partial charge in [-0.3, -0.25) is 4.55 Å². The van der Waals surface area contributed by atoms with E-state index < -0.39 is 53.1 Å². The number of aromatic carboxylic acids is 2. The summed E-state index contributed by atoms with van der Waals surface area (Å²) in [7, 11) is -5.10. The summed E-state index contributed by atoms with van der Waals surface area (Å²) in [5, 5.41) is 18.5. The first-order valence-corrected chi connectivity index (χ1v) is 6.68. The average Bonchev–Trinajstić information content (AvgIpc) is 2.12. The molecule has 0 unspecified atom stereocenters. The largest absolute Gasteiger partial charge is 1.00 e. The van der Waals surface area contributed by atoms with E-state index in [0.29, 0.717) is 0 Å². The minimum Gasteiger partial charge on any atom is -0.545 e. The Morgan fingerprint density at radius 1 is 0.857 bits per heavy atom. The van der Waals surface area contributed by atoms with Crippen LogP contribution in [0.5, 0.6) is 0 Å². The number of hydrogen-bond acceptors (Lipinski definition) is 6. The maximum absolute atomic E-state index is 11.1. The Kier molecular flexibility index (Phi) is 10.0. The van der Waals surface area contributed by atoms with Crippen LogP contribution in [0.15, 0.2) is 4.90 Å². The van der Waals surface area contributed by atoms with Crippen molar-refractivity contribution >= 4 is 56.9 Å². The number of carboxylic acids is 2. The summed E-state index contributed by atoms with van der Waals surface area (Å²) in [5.41, 5.74) is -2.28. The van der Waals surface area contributed by atoms with E-state index in [-0.39, 0.29) is 59.1 Å². The van der Waals surface area contributed by atoms with Crippen LogP contribution in [0, 0.1) is 0 Å². The standard InChI is InChI=1S/C8H3Cl3O7S.2Na/c9-3-1(7(12)13)4(10)6(19(16,17)18)5(11)2(3)8(14)15;;/h(H,12,13)(H,14,15)(H,16,17,18);;/q;2*+1/p-2. The molecule has 21 heavy (non-hydrogen) atoms. The Balaban J connectivity index is 0. The predicted octanol–water partition coefficient (Wildman–Crippen LogP) is -6.37. The van der Waals surface area contributed by atoms with Crippen molar-refractivity contribution in [2.75, 3.05) is 0 Å². The van der Waals surface area contributed by atoms with Crippen LogP contribution < -0.4 is 69.3 Å². The van der Waals surface area contributed by atoms with Gasteiger partial charge in [0.25, 0.3) is 10.1 Å². The van der Waals surface area contributed by atoms with Crippen LogP contribution in [0.2, 0.25) is 15.1 Å². The Labute approximate surface area is 177 Å². The molecule has 0 amide bonds. The fourth-order valence-corrected chi connectivity index (χ4v) is 3.49. The number of benzene rings is 1. The van der Waals surface area contributed by atoms with Crippen molar-refractivity contribution < 1.29 is 91.9 Å². The second-order valence-corrected chi connectivity index (χ2v) is 5.56. The van der Waals surface area contributed by atoms with Gasteiger partial charge in [-0.05, 0) is 0 Å². The molecule has 1 rings (SSSR count). The summed E-state index contributed by atoms with van der Waals surface area (Å²) in [6.45, 7) is 0. The van der Waals surface area contributed by atoms with Gasteiger partial charge >= 0.3 is 59.1 Å². The van der Waals surface area contributed by atoms with Crippen molar-refractivity contribution in [3.05, 3.63) is 26.2 Å². The SMILES string of the molecule is O=C([O-])c1c(Cl)c(C(=O)[O-])c(Cl)c(S(=O)(=O)O)c1Cl.[Na+].[Na+]. The average molecular weight is 393 g/mol. The number of hydrogen-bond donors (Lipinski definition) is 1. The summed E-state index contributed by atoms with van der Waals surface area (Å²) < 4.78 is 31.0. The van der Waals surface area contributed by atoms with E-state index in [1.54, 1.807) is 0 Å². The maximum atomic E-state index is 11.1. The minimum atomic E-state index is -5.10. The quantitative estimate of drug-likeness (QED) is 0.399. The van der Waals surface area contributed by atoms with E-state index in [9.17, 15) is 28.2 Å². The van der Waals surface area contributed by atoms with Crippen LogP contribution in [0.4, 0.5) is 0 Å². The van der Waals surface area contributed by atoms with Crippen LogP contribution >= 0.6 is 34.8 Å². The molecule has 1 aromatic rings.